The molecule has 1 atom stereocenters. The monoisotopic (exact) mass is 443 g/mol. The van der Waals surface area contributed by atoms with E-state index in [-0.39, 0.29) is 24.5 Å². The van der Waals surface area contributed by atoms with Gasteiger partial charge in [0, 0.05) is 17.4 Å². The van der Waals surface area contributed by atoms with E-state index in [0.717, 1.165) is 11.1 Å². The van der Waals surface area contributed by atoms with Crippen LogP contribution in [0, 0.1) is 0 Å². The molecule has 0 aliphatic heterocycles. The van der Waals surface area contributed by atoms with Crippen LogP contribution in [-0.4, -0.2) is 44.2 Å². The van der Waals surface area contributed by atoms with Crippen molar-refractivity contribution >= 4 is 23.1 Å². The van der Waals surface area contributed by atoms with Crippen LogP contribution in [0.5, 0.6) is 0 Å². The molecule has 0 radical (unpaired) electrons. The van der Waals surface area contributed by atoms with Gasteiger partial charge in [-0.25, -0.2) is 0 Å². The van der Waals surface area contributed by atoms with Gasteiger partial charge in [-0.2, -0.15) is 0 Å². The van der Waals surface area contributed by atoms with Gasteiger partial charge in [-0.15, -0.1) is 10.2 Å². The summed E-state index contributed by atoms with van der Waals surface area (Å²) < 4.78 is 1.75. The molecule has 2 aromatic carbocycles. The average molecular weight is 444 g/mol. The molecule has 4 rings (SSSR count). The molecule has 33 heavy (non-hydrogen) atoms. The molecule has 3 N–H and O–H groups in total. The van der Waals surface area contributed by atoms with Crippen LogP contribution in [0.2, 0.25) is 0 Å². The Hall–Kier alpha value is -4.04. The number of pyridine rings is 1. The number of carbonyl (C=O) groups excluding carboxylic acids is 2. The zero-order valence-electron chi connectivity index (χ0n) is 18.2. The van der Waals surface area contributed by atoms with Crippen LogP contribution in [0.4, 0.5) is 5.69 Å². The third kappa shape index (κ3) is 5.07. The van der Waals surface area contributed by atoms with Gasteiger partial charge in [-0.3, -0.25) is 14.0 Å². The number of nitrogens with zero attached hydrogens (tertiary/aromatic N) is 3. The fraction of sp³-hybridized carbons (Fsp3) is 0.200. The van der Waals surface area contributed by atoms with Crippen LogP contribution in [0.1, 0.15) is 29.3 Å². The van der Waals surface area contributed by atoms with Crippen molar-refractivity contribution in [3.8, 4) is 11.4 Å². The molecule has 8 nitrogen and oxygen atoms in total. The van der Waals surface area contributed by atoms with Gasteiger partial charge in [0.2, 0.25) is 5.91 Å². The topological polar surface area (TPSA) is 109 Å². The van der Waals surface area contributed by atoms with Gasteiger partial charge in [0.25, 0.3) is 5.91 Å². The molecule has 0 bridgehead atoms. The summed E-state index contributed by atoms with van der Waals surface area (Å²) in [5.41, 5.74) is 3.24. The van der Waals surface area contributed by atoms with Gasteiger partial charge in [-0.05, 0) is 48.4 Å². The summed E-state index contributed by atoms with van der Waals surface area (Å²) in [6.45, 7) is 1.77. The lowest BCUT2D eigenvalue weighted by Crippen LogP contribution is -2.37. The molecule has 8 heteroatoms. The highest BCUT2D eigenvalue weighted by molar-refractivity contribution is 6.00. The number of hydrogen-bond donors (Lipinski definition) is 3. The first kappa shape index (κ1) is 22.2. The average Bonchev–Trinajstić information content (AvgIpc) is 3.27. The van der Waals surface area contributed by atoms with Crippen molar-refractivity contribution in [1.82, 2.24) is 19.9 Å². The number of amides is 2. The third-order valence-electron chi connectivity index (χ3n) is 5.36. The second-order valence-corrected chi connectivity index (χ2v) is 7.69. The van der Waals surface area contributed by atoms with E-state index in [4.69, 9.17) is 0 Å². The third-order valence-corrected chi connectivity index (χ3v) is 5.36. The molecule has 4 aromatic rings. The number of nitrogens with one attached hydrogen (secondary N) is 2. The Labute approximate surface area is 191 Å². The fourth-order valence-electron chi connectivity index (χ4n) is 3.52. The minimum Gasteiger partial charge on any atom is -0.394 e. The highest BCUT2D eigenvalue weighted by atomic mass is 16.3. The first-order chi connectivity index (χ1) is 16.1. The Kier molecular flexibility index (Phi) is 6.75. The van der Waals surface area contributed by atoms with Crippen molar-refractivity contribution in [2.75, 3.05) is 11.9 Å². The number of aliphatic hydroxyl groups excluding tert-OH is 1. The Morgan fingerprint density at radius 1 is 1.00 bits per heavy atom. The second-order valence-electron chi connectivity index (χ2n) is 7.69. The number of benzene rings is 2. The molecule has 0 saturated heterocycles. The van der Waals surface area contributed by atoms with E-state index in [2.05, 4.69) is 20.8 Å². The molecule has 0 fully saturated rings. The normalized spacial score (nSPS) is 11.8. The summed E-state index contributed by atoms with van der Waals surface area (Å²) in [4.78, 5) is 25.0. The number of carbonyl (C=O) groups is 2. The van der Waals surface area contributed by atoms with Crippen molar-refractivity contribution in [2.45, 2.75) is 25.8 Å². The van der Waals surface area contributed by atoms with Crippen molar-refractivity contribution in [1.29, 1.82) is 0 Å². The quantitative estimate of drug-likeness (QED) is 0.388. The van der Waals surface area contributed by atoms with Crippen LogP contribution in [0.25, 0.3) is 17.0 Å². The lowest BCUT2D eigenvalue weighted by molar-refractivity contribution is -0.115. The summed E-state index contributed by atoms with van der Waals surface area (Å²) in [6, 6.07) is 20.0. The van der Waals surface area contributed by atoms with E-state index in [1.807, 2.05) is 61.5 Å². The van der Waals surface area contributed by atoms with Gasteiger partial charge < -0.3 is 15.7 Å². The number of aromatic nitrogens is 3. The fourth-order valence-corrected chi connectivity index (χ4v) is 3.52. The van der Waals surface area contributed by atoms with E-state index in [1.54, 1.807) is 22.7 Å². The summed E-state index contributed by atoms with van der Waals surface area (Å²) in [5.74, 6) is 0.179. The second kappa shape index (κ2) is 10.1. The zero-order valence-corrected chi connectivity index (χ0v) is 18.2. The molecule has 1 unspecified atom stereocenters. The van der Waals surface area contributed by atoms with Crippen LogP contribution in [0.15, 0.2) is 72.9 Å². The van der Waals surface area contributed by atoms with Gasteiger partial charge in [0.15, 0.2) is 11.5 Å². The SMILES string of the molecule is CCC(CO)NC(=O)c1cccn2c(-c3ccc(NC(=O)Cc4ccccc4)cc3)nnc12. The lowest BCUT2D eigenvalue weighted by atomic mass is 10.1. The Morgan fingerprint density at radius 2 is 1.76 bits per heavy atom. The molecule has 0 aliphatic carbocycles. The van der Waals surface area contributed by atoms with Gasteiger partial charge in [0.05, 0.1) is 24.6 Å². The van der Waals surface area contributed by atoms with Gasteiger partial charge in [0.1, 0.15) is 0 Å². The number of aliphatic hydroxyl groups is 1. The summed E-state index contributed by atoms with van der Waals surface area (Å²) in [7, 11) is 0. The number of rotatable bonds is 8. The maximum Gasteiger partial charge on any atom is 0.255 e. The van der Waals surface area contributed by atoms with Gasteiger partial charge >= 0.3 is 0 Å². The van der Waals surface area contributed by atoms with Crippen molar-refractivity contribution in [2.24, 2.45) is 0 Å². The molecular formula is C25H25N5O3. The van der Waals surface area contributed by atoms with E-state index < -0.39 is 0 Å². The first-order valence-corrected chi connectivity index (χ1v) is 10.8. The number of hydrogen-bond acceptors (Lipinski definition) is 5. The first-order valence-electron chi connectivity index (χ1n) is 10.8. The van der Waals surface area contributed by atoms with Gasteiger partial charge in [-0.1, -0.05) is 37.3 Å². The summed E-state index contributed by atoms with van der Waals surface area (Å²) in [5, 5.41) is 23.6. The molecule has 0 saturated carbocycles. The standard InChI is InChI=1S/C25H25N5O3/c1-2-19(16-31)27-25(33)21-9-6-14-30-23(28-29-24(21)30)18-10-12-20(13-11-18)26-22(32)15-17-7-4-3-5-8-17/h3-14,19,31H,2,15-16H2,1H3,(H,26,32)(H,27,33). The molecule has 2 aromatic heterocycles. The lowest BCUT2D eigenvalue weighted by Gasteiger charge is -2.14. The molecule has 168 valence electrons. The smallest absolute Gasteiger partial charge is 0.255 e. The van der Waals surface area contributed by atoms with Crippen LogP contribution >= 0.6 is 0 Å². The maximum atomic E-state index is 12.7. The van der Waals surface area contributed by atoms with E-state index in [1.165, 1.54) is 0 Å². The minimum atomic E-state index is -0.315. The van der Waals surface area contributed by atoms with Crippen molar-refractivity contribution < 1.29 is 14.7 Å². The molecule has 0 aliphatic rings. The predicted molar refractivity (Wildman–Crippen MR) is 126 cm³/mol. The van der Waals surface area contributed by atoms with E-state index in [9.17, 15) is 14.7 Å². The van der Waals surface area contributed by atoms with E-state index >= 15 is 0 Å². The van der Waals surface area contributed by atoms with Crippen LogP contribution in [-0.2, 0) is 11.2 Å². The maximum absolute atomic E-state index is 12.7. The van der Waals surface area contributed by atoms with E-state index in [0.29, 0.717) is 35.6 Å². The highest BCUT2D eigenvalue weighted by Gasteiger charge is 2.18. The van der Waals surface area contributed by atoms with Crippen LogP contribution < -0.4 is 10.6 Å². The van der Waals surface area contributed by atoms with Crippen molar-refractivity contribution in [3.05, 3.63) is 84.1 Å². The number of anilines is 1. The summed E-state index contributed by atoms with van der Waals surface area (Å²) >= 11 is 0. The van der Waals surface area contributed by atoms with Crippen molar-refractivity contribution in [3.63, 3.8) is 0 Å². The Balaban J connectivity index is 1.51. The number of fused-ring (bicyclic) bond motifs is 1. The Bertz CT molecular complexity index is 1250. The molecule has 0 spiro atoms. The van der Waals surface area contributed by atoms with Crippen LogP contribution in [0.3, 0.4) is 0 Å². The molecular weight excluding hydrogens is 418 g/mol. The molecule has 2 amide bonds. The highest BCUT2D eigenvalue weighted by Crippen LogP contribution is 2.22. The largest absolute Gasteiger partial charge is 0.394 e. The Morgan fingerprint density at radius 3 is 2.45 bits per heavy atom. The summed E-state index contributed by atoms with van der Waals surface area (Å²) in [6.07, 6.45) is 2.72. The minimum absolute atomic E-state index is 0.0919. The molecule has 2 heterocycles. The zero-order chi connectivity index (χ0) is 23.2. The predicted octanol–water partition coefficient (Wildman–Crippen LogP) is 3.08.